The summed E-state index contributed by atoms with van der Waals surface area (Å²) >= 11 is 9.20. The summed E-state index contributed by atoms with van der Waals surface area (Å²) in [5, 5.41) is 11.2. The molecule has 0 amide bonds. The summed E-state index contributed by atoms with van der Waals surface area (Å²) < 4.78 is 0. The van der Waals surface area contributed by atoms with Crippen molar-refractivity contribution in [2.45, 2.75) is 6.54 Å². The fourth-order valence-corrected chi connectivity index (χ4v) is 3.79. The first-order chi connectivity index (χ1) is 7.68. The van der Waals surface area contributed by atoms with Gasteiger partial charge in [-0.1, -0.05) is 11.6 Å². The smallest absolute Gasteiger partial charge is 0.347 e. The molecule has 88 valence electrons. The second-order valence-corrected chi connectivity index (χ2v) is 6.08. The number of rotatable bonds is 3. The van der Waals surface area contributed by atoms with Crippen LogP contribution in [-0.2, 0) is 6.54 Å². The Labute approximate surface area is 107 Å². The second kappa shape index (κ2) is 5.40. The van der Waals surface area contributed by atoms with Crippen molar-refractivity contribution in [2.75, 3.05) is 24.6 Å². The Morgan fingerprint density at radius 3 is 2.75 bits per heavy atom. The van der Waals surface area contributed by atoms with Crippen LogP contribution in [0.1, 0.15) is 15.2 Å². The maximum absolute atomic E-state index is 10.8. The predicted molar refractivity (Wildman–Crippen MR) is 68.9 cm³/mol. The summed E-state index contributed by atoms with van der Waals surface area (Å²) in [7, 11) is 0. The minimum Gasteiger partial charge on any atom is -0.477 e. The number of thioether (sulfide) groups is 1. The van der Waals surface area contributed by atoms with E-state index in [1.165, 1.54) is 11.3 Å². The highest BCUT2D eigenvalue weighted by Gasteiger charge is 2.18. The maximum atomic E-state index is 10.8. The number of thiophene rings is 1. The van der Waals surface area contributed by atoms with Gasteiger partial charge in [-0.15, -0.1) is 11.3 Å². The van der Waals surface area contributed by atoms with Gasteiger partial charge in [0.25, 0.3) is 0 Å². The molecule has 1 aromatic rings. The molecule has 1 aliphatic rings. The molecule has 2 rings (SSSR count). The van der Waals surface area contributed by atoms with Gasteiger partial charge in [0.2, 0.25) is 0 Å². The minimum absolute atomic E-state index is 0.253. The highest BCUT2D eigenvalue weighted by Crippen LogP contribution is 2.29. The van der Waals surface area contributed by atoms with Crippen LogP contribution >= 0.6 is 34.7 Å². The molecule has 2 heterocycles. The van der Waals surface area contributed by atoms with Gasteiger partial charge in [-0.05, 0) is 10.9 Å². The van der Waals surface area contributed by atoms with Crippen molar-refractivity contribution in [3.8, 4) is 0 Å². The van der Waals surface area contributed by atoms with Gasteiger partial charge < -0.3 is 5.11 Å². The highest BCUT2D eigenvalue weighted by atomic mass is 35.5. The van der Waals surface area contributed by atoms with Crippen molar-refractivity contribution < 1.29 is 9.90 Å². The zero-order chi connectivity index (χ0) is 11.5. The SMILES string of the molecule is O=C(O)c1scc(CN2CCSCC2)c1Cl. The molecule has 1 aromatic heterocycles. The third-order valence-corrected chi connectivity index (χ3v) is 5.00. The van der Waals surface area contributed by atoms with Gasteiger partial charge in [0.15, 0.2) is 0 Å². The van der Waals surface area contributed by atoms with Gasteiger partial charge in [-0.25, -0.2) is 4.79 Å². The van der Waals surface area contributed by atoms with Gasteiger partial charge in [0.05, 0.1) is 5.02 Å². The topological polar surface area (TPSA) is 40.5 Å². The normalized spacial score (nSPS) is 17.6. The first kappa shape index (κ1) is 12.2. The Morgan fingerprint density at radius 2 is 2.19 bits per heavy atom. The molecular weight excluding hydrogens is 266 g/mol. The number of hydrogen-bond acceptors (Lipinski definition) is 4. The van der Waals surface area contributed by atoms with Crippen molar-refractivity contribution in [1.29, 1.82) is 0 Å². The van der Waals surface area contributed by atoms with E-state index in [2.05, 4.69) is 4.90 Å². The molecule has 0 saturated carbocycles. The molecule has 1 saturated heterocycles. The maximum Gasteiger partial charge on any atom is 0.347 e. The summed E-state index contributed by atoms with van der Waals surface area (Å²) in [6.45, 7) is 2.88. The molecule has 1 fully saturated rings. The van der Waals surface area contributed by atoms with Gasteiger partial charge in [0.1, 0.15) is 4.88 Å². The third-order valence-electron chi connectivity index (χ3n) is 2.49. The summed E-state index contributed by atoms with van der Waals surface area (Å²) in [5.74, 6) is 1.36. The molecule has 0 radical (unpaired) electrons. The Balaban J connectivity index is 2.06. The van der Waals surface area contributed by atoms with Gasteiger partial charge in [-0.2, -0.15) is 11.8 Å². The van der Waals surface area contributed by atoms with Crippen molar-refractivity contribution in [1.82, 2.24) is 4.90 Å². The Bertz CT molecular complexity index is 388. The Kier molecular flexibility index (Phi) is 4.13. The van der Waals surface area contributed by atoms with Crippen LogP contribution in [0.4, 0.5) is 0 Å². The quantitative estimate of drug-likeness (QED) is 0.922. The van der Waals surface area contributed by atoms with E-state index in [-0.39, 0.29) is 4.88 Å². The molecule has 0 bridgehead atoms. The van der Waals surface area contributed by atoms with Gasteiger partial charge in [-0.3, -0.25) is 4.90 Å². The zero-order valence-corrected chi connectivity index (χ0v) is 11.0. The molecule has 0 spiro atoms. The van der Waals surface area contributed by atoms with E-state index < -0.39 is 5.97 Å². The number of aromatic carboxylic acids is 1. The number of carbonyl (C=O) groups is 1. The fourth-order valence-electron chi connectivity index (χ4n) is 1.63. The molecule has 0 atom stereocenters. The molecular formula is C10H12ClNO2S2. The van der Waals surface area contributed by atoms with Crippen molar-refractivity contribution in [3.05, 3.63) is 20.8 Å². The van der Waals surface area contributed by atoms with E-state index in [0.29, 0.717) is 5.02 Å². The lowest BCUT2D eigenvalue weighted by atomic mass is 10.2. The molecule has 0 unspecified atom stereocenters. The Morgan fingerprint density at radius 1 is 1.50 bits per heavy atom. The largest absolute Gasteiger partial charge is 0.477 e. The minimum atomic E-state index is -0.935. The lowest BCUT2D eigenvalue weighted by Crippen LogP contribution is -2.31. The second-order valence-electron chi connectivity index (χ2n) is 3.60. The number of carboxylic acids is 1. The standard InChI is InChI=1S/C10H12ClNO2S2/c11-8-7(6-16-9(8)10(13)14)5-12-1-3-15-4-2-12/h6H,1-5H2,(H,13,14). The molecule has 0 aromatic carbocycles. The van der Waals surface area contributed by atoms with Crippen LogP contribution in [0.3, 0.4) is 0 Å². The van der Waals surface area contributed by atoms with E-state index in [0.717, 1.165) is 36.7 Å². The highest BCUT2D eigenvalue weighted by molar-refractivity contribution is 7.99. The molecule has 1 aliphatic heterocycles. The molecule has 3 nitrogen and oxygen atoms in total. The number of halogens is 1. The zero-order valence-electron chi connectivity index (χ0n) is 8.61. The van der Waals surface area contributed by atoms with Crippen LogP contribution in [0.2, 0.25) is 5.02 Å². The van der Waals surface area contributed by atoms with E-state index in [1.54, 1.807) is 0 Å². The van der Waals surface area contributed by atoms with Gasteiger partial charge in [0, 0.05) is 31.1 Å². The molecule has 16 heavy (non-hydrogen) atoms. The van der Waals surface area contributed by atoms with Crippen LogP contribution in [0.15, 0.2) is 5.38 Å². The number of carboxylic acid groups (broad SMARTS) is 1. The van der Waals surface area contributed by atoms with Crippen LogP contribution in [0, 0.1) is 0 Å². The monoisotopic (exact) mass is 277 g/mol. The molecule has 6 heteroatoms. The summed E-state index contributed by atoms with van der Waals surface area (Å²) in [6.07, 6.45) is 0. The van der Waals surface area contributed by atoms with Crippen molar-refractivity contribution in [2.24, 2.45) is 0 Å². The molecule has 0 aliphatic carbocycles. The van der Waals surface area contributed by atoms with E-state index in [9.17, 15) is 4.79 Å². The third kappa shape index (κ3) is 2.71. The van der Waals surface area contributed by atoms with Crippen LogP contribution < -0.4 is 0 Å². The first-order valence-corrected chi connectivity index (χ1v) is 7.39. The first-order valence-electron chi connectivity index (χ1n) is 4.97. The summed E-state index contributed by atoms with van der Waals surface area (Å²) in [5.41, 5.74) is 0.941. The van der Waals surface area contributed by atoms with E-state index in [4.69, 9.17) is 16.7 Å². The van der Waals surface area contributed by atoms with Crippen molar-refractivity contribution >= 4 is 40.7 Å². The van der Waals surface area contributed by atoms with Crippen molar-refractivity contribution in [3.63, 3.8) is 0 Å². The van der Waals surface area contributed by atoms with Crippen LogP contribution in [0.5, 0.6) is 0 Å². The summed E-state index contributed by atoms with van der Waals surface area (Å²) in [6, 6.07) is 0. The number of nitrogens with zero attached hydrogens (tertiary/aromatic N) is 1. The molecule has 1 N–H and O–H groups in total. The van der Waals surface area contributed by atoms with Crippen LogP contribution in [-0.4, -0.2) is 40.6 Å². The fraction of sp³-hybridized carbons (Fsp3) is 0.500. The van der Waals surface area contributed by atoms with E-state index in [1.807, 2.05) is 17.1 Å². The van der Waals surface area contributed by atoms with Crippen LogP contribution in [0.25, 0.3) is 0 Å². The van der Waals surface area contributed by atoms with Gasteiger partial charge >= 0.3 is 5.97 Å². The number of hydrogen-bond donors (Lipinski definition) is 1. The average molecular weight is 278 g/mol. The lowest BCUT2D eigenvalue weighted by molar-refractivity contribution is 0.0702. The average Bonchev–Trinajstić information content (AvgIpc) is 2.62. The summed E-state index contributed by atoms with van der Waals surface area (Å²) in [4.78, 5) is 13.4. The lowest BCUT2D eigenvalue weighted by Gasteiger charge is -2.25. The predicted octanol–water partition coefficient (Wildman–Crippen LogP) is 2.65. The Hall–Kier alpha value is -0.230. The van der Waals surface area contributed by atoms with E-state index >= 15 is 0 Å².